The molecule has 1 heterocycles. The first-order valence-electron chi connectivity index (χ1n) is 7.86. The Balaban J connectivity index is 2.23. The summed E-state index contributed by atoms with van der Waals surface area (Å²) in [5.41, 5.74) is 1.10. The van der Waals surface area contributed by atoms with Gasteiger partial charge in [-0.25, -0.2) is 0 Å². The van der Waals surface area contributed by atoms with Crippen LogP contribution in [0, 0.1) is 0 Å². The third-order valence-electron chi connectivity index (χ3n) is 4.04. The first-order chi connectivity index (χ1) is 10.3. The Morgan fingerprint density at radius 1 is 1.24 bits per heavy atom. The molecule has 0 amide bonds. The van der Waals surface area contributed by atoms with E-state index >= 15 is 0 Å². The molecule has 0 radical (unpaired) electrons. The zero-order valence-corrected chi connectivity index (χ0v) is 13.4. The Labute approximate surface area is 127 Å². The molecule has 0 bridgehead atoms. The molecule has 1 fully saturated rings. The fourth-order valence-corrected chi connectivity index (χ4v) is 3.03. The highest BCUT2D eigenvalue weighted by Crippen LogP contribution is 2.37. The summed E-state index contributed by atoms with van der Waals surface area (Å²) < 4.78 is 17.0. The van der Waals surface area contributed by atoms with Crippen molar-refractivity contribution in [3.63, 3.8) is 0 Å². The Morgan fingerprint density at radius 3 is 2.48 bits per heavy atom. The molecule has 4 heteroatoms. The van der Waals surface area contributed by atoms with Crippen LogP contribution in [0.25, 0.3) is 0 Å². The Bertz CT molecular complexity index is 408. The van der Waals surface area contributed by atoms with Crippen molar-refractivity contribution in [2.75, 3.05) is 27.4 Å². The zero-order chi connectivity index (χ0) is 15.1. The minimum absolute atomic E-state index is 0.184. The second kappa shape index (κ2) is 8.25. The molecular formula is C17H27NO3. The number of benzene rings is 1. The summed E-state index contributed by atoms with van der Waals surface area (Å²) >= 11 is 0. The molecule has 2 rings (SSSR count). The zero-order valence-electron chi connectivity index (χ0n) is 13.4. The summed E-state index contributed by atoms with van der Waals surface area (Å²) in [5.74, 6) is 1.74. The lowest BCUT2D eigenvalue weighted by molar-refractivity contribution is 0.00489. The van der Waals surface area contributed by atoms with E-state index in [1.54, 1.807) is 14.2 Å². The molecule has 1 aromatic carbocycles. The standard InChI is InChI=1S/C17H27NO3/c1-4-18-14(12-13-8-5-6-11-21-13)17-15(19-2)9-7-10-16(17)20-3/h7,9-10,13-14,18H,4-6,8,11-12H2,1-3H3. The number of methoxy groups -OCH3 is 2. The maximum Gasteiger partial charge on any atom is 0.127 e. The molecule has 1 aromatic rings. The normalized spacial score (nSPS) is 20.0. The Morgan fingerprint density at radius 2 is 1.95 bits per heavy atom. The van der Waals surface area contributed by atoms with Gasteiger partial charge in [-0.2, -0.15) is 0 Å². The van der Waals surface area contributed by atoms with E-state index in [-0.39, 0.29) is 6.04 Å². The highest BCUT2D eigenvalue weighted by Gasteiger charge is 2.25. The quantitative estimate of drug-likeness (QED) is 0.837. The second-order valence-corrected chi connectivity index (χ2v) is 5.41. The Hall–Kier alpha value is -1.26. The molecule has 0 saturated carbocycles. The van der Waals surface area contributed by atoms with Crippen LogP contribution in [-0.4, -0.2) is 33.5 Å². The number of hydrogen-bond donors (Lipinski definition) is 1. The fourth-order valence-electron chi connectivity index (χ4n) is 3.03. The van der Waals surface area contributed by atoms with Crippen molar-refractivity contribution in [3.8, 4) is 11.5 Å². The van der Waals surface area contributed by atoms with E-state index in [4.69, 9.17) is 14.2 Å². The lowest BCUT2D eigenvalue weighted by Crippen LogP contribution is -2.29. The molecule has 1 aliphatic rings. The Kier molecular flexibility index (Phi) is 6.33. The van der Waals surface area contributed by atoms with Crippen LogP contribution in [0.2, 0.25) is 0 Å². The van der Waals surface area contributed by atoms with Crippen LogP contribution < -0.4 is 14.8 Å². The van der Waals surface area contributed by atoms with Gasteiger partial charge in [0, 0.05) is 12.6 Å². The lowest BCUT2D eigenvalue weighted by Gasteiger charge is -2.29. The van der Waals surface area contributed by atoms with Gasteiger partial charge in [0.25, 0.3) is 0 Å². The van der Waals surface area contributed by atoms with Crippen molar-refractivity contribution < 1.29 is 14.2 Å². The summed E-state index contributed by atoms with van der Waals surface area (Å²) in [5, 5.41) is 3.56. The van der Waals surface area contributed by atoms with Crippen molar-refractivity contribution >= 4 is 0 Å². The molecule has 0 spiro atoms. The van der Waals surface area contributed by atoms with E-state index < -0.39 is 0 Å². The predicted molar refractivity (Wildman–Crippen MR) is 84.2 cm³/mol. The first kappa shape index (κ1) is 16.1. The fraction of sp³-hybridized carbons (Fsp3) is 0.647. The third-order valence-corrected chi connectivity index (χ3v) is 4.04. The van der Waals surface area contributed by atoms with Crippen LogP contribution in [-0.2, 0) is 4.74 Å². The number of nitrogens with one attached hydrogen (secondary N) is 1. The summed E-state index contributed by atoms with van der Waals surface area (Å²) in [4.78, 5) is 0. The van der Waals surface area contributed by atoms with E-state index in [0.29, 0.717) is 6.10 Å². The van der Waals surface area contributed by atoms with Crippen LogP contribution in [0.1, 0.15) is 44.2 Å². The molecule has 1 saturated heterocycles. The van der Waals surface area contributed by atoms with E-state index in [2.05, 4.69) is 12.2 Å². The van der Waals surface area contributed by atoms with Crippen molar-refractivity contribution in [1.29, 1.82) is 0 Å². The van der Waals surface area contributed by atoms with Crippen molar-refractivity contribution in [2.45, 2.75) is 44.8 Å². The van der Waals surface area contributed by atoms with Crippen LogP contribution in [0.4, 0.5) is 0 Å². The van der Waals surface area contributed by atoms with Gasteiger partial charge in [-0.05, 0) is 44.4 Å². The third kappa shape index (κ3) is 4.11. The van der Waals surface area contributed by atoms with Gasteiger partial charge in [-0.3, -0.25) is 0 Å². The topological polar surface area (TPSA) is 39.7 Å². The molecule has 1 N–H and O–H groups in total. The summed E-state index contributed by atoms with van der Waals surface area (Å²) in [6.45, 7) is 3.90. The molecule has 21 heavy (non-hydrogen) atoms. The minimum Gasteiger partial charge on any atom is -0.496 e. The van der Waals surface area contributed by atoms with E-state index in [0.717, 1.165) is 43.1 Å². The van der Waals surface area contributed by atoms with Gasteiger partial charge < -0.3 is 19.5 Å². The van der Waals surface area contributed by atoms with Gasteiger partial charge in [0.2, 0.25) is 0 Å². The summed E-state index contributed by atoms with van der Waals surface area (Å²) in [6, 6.07) is 6.12. The van der Waals surface area contributed by atoms with Crippen molar-refractivity contribution in [1.82, 2.24) is 5.32 Å². The SMILES string of the molecule is CCNC(CC1CCCCO1)c1c(OC)cccc1OC. The highest BCUT2D eigenvalue weighted by molar-refractivity contribution is 5.47. The van der Waals surface area contributed by atoms with Gasteiger partial charge >= 0.3 is 0 Å². The summed E-state index contributed by atoms with van der Waals surface area (Å²) in [6.07, 6.45) is 4.84. The first-order valence-corrected chi connectivity index (χ1v) is 7.86. The van der Waals surface area contributed by atoms with Crippen LogP contribution in [0.3, 0.4) is 0 Å². The maximum atomic E-state index is 5.90. The predicted octanol–water partition coefficient (Wildman–Crippen LogP) is 3.31. The lowest BCUT2D eigenvalue weighted by atomic mass is 9.95. The van der Waals surface area contributed by atoms with Gasteiger partial charge in [0.05, 0.1) is 25.9 Å². The van der Waals surface area contributed by atoms with E-state index in [9.17, 15) is 0 Å². The maximum absolute atomic E-state index is 5.90. The molecule has 0 aliphatic carbocycles. The number of hydrogen-bond acceptors (Lipinski definition) is 4. The number of ether oxygens (including phenoxy) is 3. The molecule has 2 unspecified atom stereocenters. The molecule has 4 nitrogen and oxygen atoms in total. The van der Waals surface area contributed by atoms with Gasteiger partial charge in [0.1, 0.15) is 11.5 Å². The van der Waals surface area contributed by atoms with Gasteiger partial charge in [-0.1, -0.05) is 13.0 Å². The molecule has 2 atom stereocenters. The smallest absolute Gasteiger partial charge is 0.127 e. The van der Waals surface area contributed by atoms with Gasteiger partial charge in [0.15, 0.2) is 0 Å². The largest absolute Gasteiger partial charge is 0.496 e. The van der Waals surface area contributed by atoms with E-state index in [1.807, 2.05) is 18.2 Å². The van der Waals surface area contributed by atoms with Crippen LogP contribution >= 0.6 is 0 Å². The van der Waals surface area contributed by atoms with Gasteiger partial charge in [-0.15, -0.1) is 0 Å². The molecular weight excluding hydrogens is 266 g/mol. The minimum atomic E-state index is 0.184. The van der Waals surface area contributed by atoms with Crippen molar-refractivity contribution in [3.05, 3.63) is 23.8 Å². The molecule has 118 valence electrons. The van der Waals surface area contributed by atoms with E-state index in [1.165, 1.54) is 12.8 Å². The van der Waals surface area contributed by atoms with Crippen molar-refractivity contribution in [2.24, 2.45) is 0 Å². The highest BCUT2D eigenvalue weighted by atomic mass is 16.5. The second-order valence-electron chi connectivity index (χ2n) is 5.41. The average Bonchev–Trinajstić information content (AvgIpc) is 2.54. The molecule has 1 aliphatic heterocycles. The summed E-state index contributed by atoms with van der Waals surface area (Å²) in [7, 11) is 3.41. The van der Waals surface area contributed by atoms with Crippen LogP contribution in [0.15, 0.2) is 18.2 Å². The van der Waals surface area contributed by atoms with Crippen LogP contribution in [0.5, 0.6) is 11.5 Å². The average molecular weight is 293 g/mol. The number of rotatable bonds is 7. The monoisotopic (exact) mass is 293 g/mol. The molecule has 0 aromatic heterocycles.